The molecule has 0 spiro atoms. The molecule has 128 valence electrons. The molecule has 0 amide bonds. The molecule has 2 heterocycles. The largest absolute Gasteiger partial charge is 0.370 e. The molecule has 1 aromatic heterocycles. The third-order valence-corrected chi connectivity index (χ3v) is 5.59. The Hall–Kier alpha value is -1.91. The van der Waals surface area contributed by atoms with Gasteiger partial charge in [0.1, 0.15) is 0 Å². The third kappa shape index (κ3) is 3.55. The van der Waals surface area contributed by atoms with E-state index in [1.807, 2.05) is 12.3 Å². The second-order valence-electron chi connectivity index (χ2n) is 6.76. The Bertz CT molecular complexity index is 893. The Morgan fingerprint density at radius 1 is 1.20 bits per heavy atom. The van der Waals surface area contributed by atoms with Crippen molar-refractivity contribution in [1.82, 2.24) is 10.3 Å². The van der Waals surface area contributed by atoms with Crippen LogP contribution in [0.5, 0.6) is 0 Å². The molecule has 1 unspecified atom stereocenters. The zero-order valence-corrected chi connectivity index (χ0v) is 16.0. The van der Waals surface area contributed by atoms with Crippen molar-refractivity contribution in [2.75, 3.05) is 18.0 Å². The minimum absolute atomic E-state index is 0.524. The number of para-hydroxylation sites is 1. The van der Waals surface area contributed by atoms with Crippen molar-refractivity contribution in [2.45, 2.75) is 25.9 Å². The van der Waals surface area contributed by atoms with Crippen LogP contribution in [0.2, 0.25) is 0 Å². The molecule has 0 radical (unpaired) electrons. The van der Waals surface area contributed by atoms with Crippen LogP contribution in [0.25, 0.3) is 10.9 Å². The predicted molar refractivity (Wildman–Crippen MR) is 108 cm³/mol. The number of hydrogen-bond donors (Lipinski definition) is 1. The minimum Gasteiger partial charge on any atom is -0.370 e. The van der Waals surface area contributed by atoms with Crippen LogP contribution in [0.4, 0.5) is 5.69 Å². The summed E-state index contributed by atoms with van der Waals surface area (Å²) < 4.78 is 1.05. The van der Waals surface area contributed by atoms with Gasteiger partial charge < -0.3 is 10.2 Å². The number of nitrogens with zero attached hydrogens (tertiary/aromatic N) is 2. The number of anilines is 1. The number of pyridine rings is 1. The number of rotatable bonds is 4. The van der Waals surface area contributed by atoms with Crippen molar-refractivity contribution < 1.29 is 0 Å². The van der Waals surface area contributed by atoms with Crippen LogP contribution in [0.3, 0.4) is 0 Å². The molecule has 1 aliphatic heterocycles. The summed E-state index contributed by atoms with van der Waals surface area (Å²) in [6, 6.07) is 17.7. The van der Waals surface area contributed by atoms with Gasteiger partial charge in [0, 0.05) is 47.4 Å². The van der Waals surface area contributed by atoms with Crippen molar-refractivity contribution >= 4 is 32.5 Å². The lowest BCUT2D eigenvalue weighted by Gasteiger charge is -2.20. The first kappa shape index (κ1) is 16.6. The highest BCUT2D eigenvalue weighted by molar-refractivity contribution is 9.10. The molecule has 0 aliphatic carbocycles. The standard InChI is InChI=1S/C21H22BrN3/c1-15-4-2-5-18(12-15)25-11-9-17(14-25)24-13-16-8-10-23-21-19(16)6-3-7-20(21)22/h2-8,10,12,17,24H,9,11,13-14H2,1H3. The Labute approximate surface area is 157 Å². The average molecular weight is 396 g/mol. The fourth-order valence-corrected chi connectivity index (χ4v) is 4.06. The summed E-state index contributed by atoms with van der Waals surface area (Å²) in [4.78, 5) is 6.98. The van der Waals surface area contributed by atoms with Crippen LogP contribution in [-0.4, -0.2) is 24.1 Å². The van der Waals surface area contributed by atoms with Gasteiger partial charge in [0.15, 0.2) is 0 Å². The van der Waals surface area contributed by atoms with E-state index in [-0.39, 0.29) is 0 Å². The van der Waals surface area contributed by atoms with Crippen molar-refractivity contribution in [1.29, 1.82) is 0 Å². The molecule has 1 saturated heterocycles. The molecule has 25 heavy (non-hydrogen) atoms. The van der Waals surface area contributed by atoms with Gasteiger partial charge in [-0.3, -0.25) is 4.98 Å². The predicted octanol–water partition coefficient (Wildman–Crippen LogP) is 4.67. The number of aromatic nitrogens is 1. The van der Waals surface area contributed by atoms with Gasteiger partial charge in [-0.25, -0.2) is 0 Å². The Balaban J connectivity index is 1.44. The van der Waals surface area contributed by atoms with Crippen LogP contribution >= 0.6 is 15.9 Å². The maximum Gasteiger partial charge on any atom is 0.0847 e. The summed E-state index contributed by atoms with van der Waals surface area (Å²) in [5.74, 6) is 0. The molecule has 2 aromatic carbocycles. The molecule has 3 aromatic rings. The lowest BCUT2D eigenvalue weighted by atomic mass is 10.1. The van der Waals surface area contributed by atoms with Crippen molar-refractivity contribution in [2.24, 2.45) is 0 Å². The van der Waals surface area contributed by atoms with E-state index in [0.29, 0.717) is 6.04 Å². The summed E-state index contributed by atoms with van der Waals surface area (Å²) in [5.41, 5.74) is 5.00. The number of aryl methyl sites for hydroxylation is 1. The van der Waals surface area contributed by atoms with Gasteiger partial charge in [0.2, 0.25) is 0 Å². The lowest BCUT2D eigenvalue weighted by molar-refractivity contribution is 0.553. The quantitative estimate of drug-likeness (QED) is 0.695. The Kier molecular flexibility index (Phi) is 4.73. The topological polar surface area (TPSA) is 28.2 Å². The second kappa shape index (κ2) is 7.14. The Morgan fingerprint density at radius 3 is 2.96 bits per heavy atom. The van der Waals surface area contributed by atoms with Gasteiger partial charge in [-0.2, -0.15) is 0 Å². The summed E-state index contributed by atoms with van der Waals surface area (Å²) in [6.45, 7) is 5.21. The van der Waals surface area contributed by atoms with E-state index in [1.54, 1.807) is 0 Å². The van der Waals surface area contributed by atoms with E-state index in [9.17, 15) is 0 Å². The van der Waals surface area contributed by atoms with E-state index in [1.165, 1.54) is 28.6 Å². The molecule has 1 fully saturated rings. The molecule has 1 aliphatic rings. The van der Waals surface area contributed by atoms with Crippen LogP contribution in [0, 0.1) is 6.92 Å². The van der Waals surface area contributed by atoms with E-state index in [0.717, 1.165) is 29.6 Å². The zero-order valence-electron chi connectivity index (χ0n) is 14.4. The van der Waals surface area contributed by atoms with Gasteiger partial charge in [-0.1, -0.05) is 24.3 Å². The lowest BCUT2D eigenvalue weighted by Crippen LogP contribution is -2.32. The highest BCUT2D eigenvalue weighted by Crippen LogP contribution is 2.25. The van der Waals surface area contributed by atoms with Crippen LogP contribution < -0.4 is 10.2 Å². The number of benzene rings is 2. The van der Waals surface area contributed by atoms with Crippen LogP contribution in [-0.2, 0) is 6.54 Å². The fraction of sp³-hybridized carbons (Fsp3) is 0.286. The molecule has 0 bridgehead atoms. The van der Waals surface area contributed by atoms with Gasteiger partial charge >= 0.3 is 0 Å². The van der Waals surface area contributed by atoms with Gasteiger partial charge in [-0.05, 0) is 64.7 Å². The number of nitrogens with one attached hydrogen (secondary N) is 1. The SMILES string of the molecule is Cc1cccc(N2CCC(NCc3ccnc4c(Br)cccc34)C2)c1. The van der Waals surface area contributed by atoms with Crippen molar-refractivity contribution in [3.8, 4) is 0 Å². The molecule has 1 N–H and O–H groups in total. The van der Waals surface area contributed by atoms with Gasteiger partial charge in [-0.15, -0.1) is 0 Å². The average Bonchev–Trinajstić information content (AvgIpc) is 3.09. The fourth-order valence-electron chi connectivity index (χ4n) is 3.59. The van der Waals surface area contributed by atoms with Crippen LogP contribution in [0.15, 0.2) is 59.2 Å². The molecule has 0 saturated carbocycles. The summed E-state index contributed by atoms with van der Waals surface area (Å²) >= 11 is 3.60. The molecule has 3 nitrogen and oxygen atoms in total. The van der Waals surface area contributed by atoms with Gasteiger partial charge in [0.05, 0.1) is 5.52 Å². The summed E-state index contributed by atoms with van der Waals surface area (Å²) in [5, 5.41) is 4.96. The minimum atomic E-state index is 0.524. The first-order chi connectivity index (χ1) is 12.2. The second-order valence-corrected chi connectivity index (χ2v) is 7.61. The van der Waals surface area contributed by atoms with E-state index in [2.05, 4.69) is 80.5 Å². The molecular formula is C21H22BrN3. The summed E-state index contributed by atoms with van der Waals surface area (Å²) in [6.07, 6.45) is 3.08. The van der Waals surface area contributed by atoms with E-state index < -0.39 is 0 Å². The highest BCUT2D eigenvalue weighted by atomic mass is 79.9. The first-order valence-corrected chi connectivity index (χ1v) is 9.57. The molecule has 4 heteroatoms. The zero-order chi connectivity index (χ0) is 17.2. The first-order valence-electron chi connectivity index (χ1n) is 8.78. The smallest absolute Gasteiger partial charge is 0.0847 e. The highest BCUT2D eigenvalue weighted by Gasteiger charge is 2.22. The third-order valence-electron chi connectivity index (χ3n) is 4.95. The van der Waals surface area contributed by atoms with E-state index >= 15 is 0 Å². The number of halogens is 1. The van der Waals surface area contributed by atoms with Crippen molar-refractivity contribution in [3.63, 3.8) is 0 Å². The van der Waals surface area contributed by atoms with Crippen molar-refractivity contribution in [3.05, 3.63) is 70.3 Å². The van der Waals surface area contributed by atoms with Gasteiger partial charge in [0.25, 0.3) is 0 Å². The maximum absolute atomic E-state index is 4.50. The normalized spacial score (nSPS) is 17.4. The Morgan fingerprint density at radius 2 is 2.08 bits per heavy atom. The number of fused-ring (bicyclic) bond motifs is 1. The monoisotopic (exact) mass is 395 g/mol. The summed E-state index contributed by atoms with van der Waals surface area (Å²) in [7, 11) is 0. The van der Waals surface area contributed by atoms with Crippen LogP contribution in [0.1, 0.15) is 17.5 Å². The van der Waals surface area contributed by atoms with E-state index in [4.69, 9.17) is 0 Å². The number of hydrogen-bond acceptors (Lipinski definition) is 3. The molecule has 4 rings (SSSR count). The maximum atomic E-state index is 4.50. The molecule has 1 atom stereocenters. The molecular weight excluding hydrogens is 374 g/mol.